The number of aryl methyl sites for hydroxylation is 1. The zero-order chi connectivity index (χ0) is 21.0. The quantitative estimate of drug-likeness (QED) is 0.561. The number of likely N-dealkylation sites (N-methyl/N-ethyl adjacent to an activating group) is 1. The predicted octanol–water partition coefficient (Wildman–Crippen LogP) is 1.75. The number of hydrogen-bond donors (Lipinski definition) is 0. The Balaban J connectivity index is 1.64. The van der Waals surface area contributed by atoms with Crippen molar-refractivity contribution in [1.82, 2.24) is 4.90 Å². The molecule has 4 rings (SSSR count). The number of fused-ring (bicyclic) bond motifs is 4. The molecule has 3 fully saturated rings. The van der Waals surface area contributed by atoms with Crippen molar-refractivity contribution in [3.05, 3.63) is 35.9 Å². The number of rotatable bonds is 5. The van der Waals surface area contributed by atoms with Gasteiger partial charge in [-0.1, -0.05) is 25.1 Å². The topological polar surface area (TPSA) is 78.0 Å². The summed E-state index contributed by atoms with van der Waals surface area (Å²) in [5.74, 6) is -4.26. The average Bonchev–Trinajstić information content (AvgIpc) is 2.97. The first kappa shape index (κ1) is 19.4. The Morgan fingerprint density at radius 3 is 2.03 bits per heavy atom. The van der Waals surface area contributed by atoms with Crippen LogP contribution in [0.1, 0.15) is 18.9 Å². The molecule has 1 aromatic carbocycles. The fourth-order valence-corrected chi connectivity index (χ4v) is 4.84. The molecule has 3 aliphatic rings. The molecular weight excluding hydrogens is 370 g/mol. The summed E-state index contributed by atoms with van der Waals surface area (Å²) in [4.78, 5) is 55.1. The van der Waals surface area contributed by atoms with Crippen LogP contribution in [0.15, 0.2) is 30.4 Å². The Morgan fingerprint density at radius 1 is 0.931 bits per heavy atom. The number of carbonyl (C=O) groups excluding carboxylic acids is 4. The second-order valence-electron chi connectivity index (χ2n) is 8.08. The lowest BCUT2D eigenvalue weighted by atomic mass is 9.59. The highest BCUT2D eigenvalue weighted by Crippen LogP contribution is 2.56. The van der Waals surface area contributed by atoms with E-state index in [9.17, 15) is 19.2 Å². The smallest absolute Gasteiger partial charge is 0.238 e. The summed E-state index contributed by atoms with van der Waals surface area (Å²) in [5.41, 5.74) is 2.45. The van der Waals surface area contributed by atoms with Crippen LogP contribution in [0.25, 0.3) is 0 Å². The number of amides is 4. The van der Waals surface area contributed by atoms with Crippen LogP contribution in [0.2, 0.25) is 0 Å². The van der Waals surface area contributed by atoms with Gasteiger partial charge < -0.3 is 4.90 Å². The maximum absolute atomic E-state index is 13.1. The summed E-state index contributed by atoms with van der Waals surface area (Å²) in [6, 6.07) is 5.47. The first-order valence-corrected chi connectivity index (χ1v) is 9.95. The molecule has 4 unspecified atom stereocenters. The standard InChI is InChI=1S/C22H25N3O4/c1-5-6-7-10-23(3)14-11-13(9-8-12(14)2)25-21(28)17-15-16(18(17)22(25)29)20(27)24(4)19(15)26/h6-9,11,15-18H,5,10H2,1-4H3/b7-6+. The van der Waals surface area contributed by atoms with Gasteiger partial charge in [-0.2, -0.15) is 0 Å². The van der Waals surface area contributed by atoms with E-state index in [0.717, 1.165) is 22.6 Å². The molecule has 7 nitrogen and oxygen atoms in total. The Morgan fingerprint density at radius 2 is 1.48 bits per heavy atom. The molecule has 0 N–H and O–H groups in total. The largest absolute Gasteiger partial charge is 0.371 e. The lowest BCUT2D eigenvalue weighted by Crippen LogP contribution is -2.50. The van der Waals surface area contributed by atoms with Crippen molar-refractivity contribution in [3.8, 4) is 0 Å². The molecule has 29 heavy (non-hydrogen) atoms. The van der Waals surface area contributed by atoms with Crippen molar-refractivity contribution in [2.45, 2.75) is 20.3 Å². The molecule has 0 spiro atoms. The number of likely N-dealkylation sites (tertiary alicyclic amines) is 1. The SMILES string of the molecule is CC/C=C/CN(C)c1cc(N2C(=O)C3C4C(=O)N(C)C(=O)C4C3C2=O)ccc1C. The summed E-state index contributed by atoms with van der Waals surface area (Å²) in [5, 5.41) is 0. The minimum atomic E-state index is -0.719. The molecule has 2 heterocycles. The van der Waals surface area contributed by atoms with Crippen molar-refractivity contribution in [1.29, 1.82) is 0 Å². The third-order valence-electron chi connectivity index (χ3n) is 6.43. The second kappa shape index (κ2) is 6.83. The maximum Gasteiger partial charge on any atom is 0.238 e. The van der Waals surface area contributed by atoms with Crippen molar-refractivity contribution in [3.63, 3.8) is 0 Å². The third-order valence-corrected chi connectivity index (χ3v) is 6.43. The van der Waals surface area contributed by atoms with Crippen molar-refractivity contribution < 1.29 is 19.2 Å². The van der Waals surface area contributed by atoms with Crippen LogP contribution in [0, 0.1) is 30.6 Å². The van der Waals surface area contributed by atoms with Gasteiger partial charge in [0.1, 0.15) is 0 Å². The van der Waals surface area contributed by atoms with Gasteiger partial charge in [-0.15, -0.1) is 0 Å². The van der Waals surface area contributed by atoms with Gasteiger partial charge in [0.15, 0.2) is 0 Å². The molecule has 0 radical (unpaired) electrons. The van der Waals surface area contributed by atoms with Crippen LogP contribution in [-0.2, 0) is 19.2 Å². The first-order chi connectivity index (χ1) is 13.8. The zero-order valence-electron chi connectivity index (χ0n) is 17.1. The molecule has 2 aliphatic heterocycles. The number of hydrogen-bond acceptors (Lipinski definition) is 5. The monoisotopic (exact) mass is 395 g/mol. The van der Waals surface area contributed by atoms with Crippen molar-refractivity contribution >= 4 is 35.0 Å². The summed E-state index contributed by atoms with van der Waals surface area (Å²) >= 11 is 0. The second-order valence-corrected chi connectivity index (χ2v) is 8.08. The molecule has 7 heteroatoms. The molecule has 1 aromatic rings. The van der Waals surface area contributed by atoms with E-state index in [1.165, 1.54) is 11.9 Å². The van der Waals surface area contributed by atoms with Crippen LogP contribution in [0.5, 0.6) is 0 Å². The van der Waals surface area contributed by atoms with Crippen molar-refractivity contribution in [2.24, 2.45) is 23.7 Å². The molecule has 0 aromatic heterocycles. The third kappa shape index (κ3) is 2.63. The molecule has 4 atom stereocenters. The van der Waals surface area contributed by atoms with Gasteiger partial charge >= 0.3 is 0 Å². The van der Waals surface area contributed by atoms with Crippen LogP contribution in [0.3, 0.4) is 0 Å². The number of allylic oxidation sites excluding steroid dienone is 1. The maximum atomic E-state index is 13.1. The van der Waals surface area contributed by atoms with E-state index in [1.807, 2.05) is 26.1 Å². The van der Waals surface area contributed by atoms with Gasteiger partial charge in [0.05, 0.1) is 29.4 Å². The van der Waals surface area contributed by atoms with Gasteiger partial charge in [-0.3, -0.25) is 24.1 Å². The first-order valence-electron chi connectivity index (χ1n) is 9.95. The fraction of sp³-hybridized carbons (Fsp3) is 0.455. The zero-order valence-corrected chi connectivity index (χ0v) is 17.1. The number of anilines is 2. The Bertz CT molecular complexity index is 913. The summed E-state index contributed by atoms with van der Waals surface area (Å²) in [6.07, 6.45) is 5.12. The van der Waals surface area contributed by atoms with E-state index in [1.54, 1.807) is 6.07 Å². The number of carbonyl (C=O) groups is 4. The number of benzene rings is 1. The Hall–Kier alpha value is -2.96. The highest BCUT2D eigenvalue weighted by Gasteiger charge is 2.73. The highest BCUT2D eigenvalue weighted by atomic mass is 16.2. The van der Waals surface area contributed by atoms with E-state index >= 15 is 0 Å². The normalized spacial score (nSPS) is 28.3. The summed E-state index contributed by atoms with van der Waals surface area (Å²) < 4.78 is 0. The van der Waals surface area contributed by atoms with Gasteiger partial charge in [-0.05, 0) is 31.0 Å². The Kier molecular flexibility index (Phi) is 4.56. The number of nitrogens with zero attached hydrogens (tertiary/aromatic N) is 3. The molecule has 1 saturated carbocycles. The van der Waals surface area contributed by atoms with Gasteiger partial charge in [0, 0.05) is 26.3 Å². The van der Waals surface area contributed by atoms with E-state index in [-0.39, 0.29) is 23.6 Å². The van der Waals surface area contributed by atoms with Gasteiger partial charge in [0.25, 0.3) is 0 Å². The average molecular weight is 395 g/mol. The minimum absolute atomic E-state index is 0.351. The van der Waals surface area contributed by atoms with Crippen LogP contribution >= 0.6 is 0 Å². The lowest BCUT2D eigenvalue weighted by molar-refractivity contribution is -0.146. The van der Waals surface area contributed by atoms with Crippen LogP contribution in [0.4, 0.5) is 11.4 Å². The van der Waals surface area contributed by atoms with E-state index in [4.69, 9.17) is 0 Å². The van der Waals surface area contributed by atoms with E-state index in [0.29, 0.717) is 12.2 Å². The molecule has 152 valence electrons. The minimum Gasteiger partial charge on any atom is -0.371 e. The molecular formula is C22H25N3O4. The van der Waals surface area contributed by atoms with Crippen molar-refractivity contribution in [2.75, 3.05) is 30.4 Å². The fourth-order valence-electron chi connectivity index (χ4n) is 4.84. The van der Waals surface area contributed by atoms with Gasteiger partial charge in [0.2, 0.25) is 23.6 Å². The van der Waals surface area contributed by atoms with E-state index < -0.39 is 23.7 Å². The van der Waals surface area contributed by atoms with E-state index in [2.05, 4.69) is 24.0 Å². The molecule has 0 bridgehead atoms. The van der Waals surface area contributed by atoms with Crippen LogP contribution in [-0.4, -0.2) is 49.2 Å². The van der Waals surface area contributed by atoms with Gasteiger partial charge in [-0.25, -0.2) is 4.90 Å². The molecule has 4 amide bonds. The molecule has 1 aliphatic carbocycles. The summed E-state index contributed by atoms with van der Waals surface area (Å²) in [6.45, 7) is 4.77. The number of imide groups is 2. The summed E-state index contributed by atoms with van der Waals surface area (Å²) in [7, 11) is 3.38. The van der Waals surface area contributed by atoms with Crippen LogP contribution < -0.4 is 9.80 Å². The highest BCUT2D eigenvalue weighted by molar-refractivity contribution is 6.27. The Labute approximate surface area is 169 Å². The molecule has 2 saturated heterocycles. The predicted molar refractivity (Wildman–Crippen MR) is 108 cm³/mol. The lowest BCUT2D eigenvalue weighted by Gasteiger charge is -2.36.